The molecule has 11 heavy (non-hydrogen) atoms. The highest BCUT2D eigenvalue weighted by atomic mass is 28.1. The van der Waals surface area contributed by atoms with Crippen LogP contribution in [0.2, 0.25) is 6.04 Å². The van der Waals surface area contributed by atoms with Crippen molar-refractivity contribution in [3.63, 3.8) is 0 Å². The molecule has 0 heterocycles. The van der Waals surface area contributed by atoms with Gasteiger partial charge in [-0.05, 0) is 6.42 Å². The molecule has 0 unspecified atom stereocenters. The van der Waals surface area contributed by atoms with Crippen molar-refractivity contribution in [2.75, 3.05) is 33.0 Å². The van der Waals surface area contributed by atoms with E-state index in [0.29, 0.717) is 26.4 Å². The lowest BCUT2D eigenvalue weighted by Gasteiger charge is -2.03. The zero-order valence-electron chi connectivity index (χ0n) is 7.34. The van der Waals surface area contributed by atoms with Crippen LogP contribution in [0.25, 0.3) is 0 Å². The fraction of sp³-hybridized carbons (Fsp3) is 1.00. The van der Waals surface area contributed by atoms with E-state index in [2.05, 4.69) is 0 Å². The summed E-state index contributed by atoms with van der Waals surface area (Å²) in [5.74, 6) is 0. The average Bonchev–Trinajstić information content (AvgIpc) is 2.03. The third kappa shape index (κ3) is 10.1. The van der Waals surface area contributed by atoms with Gasteiger partial charge in [-0.15, -0.1) is 0 Å². The molecule has 0 bridgehead atoms. The third-order valence-corrected chi connectivity index (χ3v) is 1.98. The first-order valence-corrected chi connectivity index (χ1v) is 5.68. The van der Waals surface area contributed by atoms with Crippen LogP contribution in [0.4, 0.5) is 0 Å². The highest BCUT2D eigenvalue weighted by molar-refractivity contribution is 6.08. The van der Waals surface area contributed by atoms with E-state index in [-0.39, 0.29) is 0 Å². The quantitative estimate of drug-likeness (QED) is 0.388. The van der Waals surface area contributed by atoms with Gasteiger partial charge in [0.1, 0.15) is 0 Å². The molecule has 0 fully saturated rings. The molecule has 2 N–H and O–H groups in total. The summed E-state index contributed by atoms with van der Waals surface area (Å²) >= 11 is 0. The van der Waals surface area contributed by atoms with Gasteiger partial charge >= 0.3 is 0 Å². The lowest BCUT2D eigenvalue weighted by molar-refractivity contribution is 0.0510. The molecular formula is C7H19NO2Si. The number of rotatable bonds is 8. The van der Waals surface area contributed by atoms with Gasteiger partial charge < -0.3 is 15.2 Å². The Balaban J connectivity index is 2.69. The molecule has 0 radical (unpaired) electrons. The van der Waals surface area contributed by atoms with Gasteiger partial charge in [0.25, 0.3) is 0 Å². The van der Waals surface area contributed by atoms with Crippen molar-refractivity contribution in [3.8, 4) is 0 Å². The van der Waals surface area contributed by atoms with Gasteiger partial charge in [0.2, 0.25) is 0 Å². The van der Waals surface area contributed by atoms with Crippen LogP contribution in [0, 0.1) is 0 Å². The number of hydrogen-bond donors (Lipinski definition) is 1. The van der Waals surface area contributed by atoms with Crippen molar-refractivity contribution in [1.29, 1.82) is 0 Å². The van der Waals surface area contributed by atoms with Crippen LogP contribution in [-0.2, 0) is 9.47 Å². The van der Waals surface area contributed by atoms with Crippen LogP contribution >= 0.6 is 0 Å². The second-order valence-corrected chi connectivity index (χ2v) is 3.37. The molecule has 0 aliphatic carbocycles. The van der Waals surface area contributed by atoms with E-state index in [1.807, 2.05) is 0 Å². The minimum atomic E-state index is 0.598. The predicted molar refractivity (Wildman–Crippen MR) is 50.1 cm³/mol. The van der Waals surface area contributed by atoms with E-state index in [1.165, 1.54) is 22.7 Å². The van der Waals surface area contributed by atoms with Gasteiger partial charge in [0.05, 0.1) is 19.8 Å². The molecule has 0 aliphatic heterocycles. The third-order valence-electron chi connectivity index (χ3n) is 1.28. The van der Waals surface area contributed by atoms with Crippen LogP contribution in [0.5, 0.6) is 0 Å². The average molecular weight is 177 g/mol. The summed E-state index contributed by atoms with van der Waals surface area (Å²) in [6.07, 6.45) is 1.20. The summed E-state index contributed by atoms with van der Waals surface area (Å²) in [4.78, 5) is 0. The maximum atomic E-state index is 5.28. The first-order valence-electron chi connectivity index (χ1n) is 4.27. The Morgan fingerprint density at radius 2 is 1.64 bits per heavy atom. The topological polar surface area (TPSA) is 44.5 Å². The predicted octanol–water partition coefficient (Wildman–Crippen LogP) is -0.848. The van der Waals surface area contributed by atoms with Crippen molar-refractivity contribution in [1.82, 2.24) is 0 Å². The highest BCUT2D eigenvalue weighted by Crippen LogP contribution is 1.86. The molecule has 0 aromatic rings. The smallest absolute Gasteiger partial charge is 0.0701 e. The van der Waals surface area contributed by atoms with Gasteiger partial charge in [-0.1, -0.05) is 6.04 Å². The van der Waals surface area contributed by atoms with Crippen molar-refractivity contribution >= 4 is 10.2 Å². The molecule has 0 spiro atoms. The summed E-state index contributed by atoms with van der Waals surface area (Å²) < 4.78 is 10.4. The Labute approximate surface area is 71.7 Å². The summed E-state index contributed by atoms with van der Waals surface area (Å²) in [6.45, 7) is 3.51. The van der Waals surface area contributed by atoms with Gasteiger partial charge in [0.15, 0.2) is 0 Å². The van der Waals surface area contributed by atoms with Gasteiger partial charge in [-0.25, -0.2) is 0 Å². The van der Waals surface area contributed by atoms with Gasteiger partial charge in [-0.2, -0.15) is 0 Å². The summed E-state index contributed by atoms with van der Waals surface area (Å²) in [5.41, 5.74) is 5.23. The molecule has 3 nitrogen and oxygen atoms in total. The minimum Gasteiger partial charge on any atom is -0.379 e. The summed E-state index contributed by atoms with van der Waals surface area (Å²) in [7, 11) is 1.28. The zero-order valence-corrected chi connectivity index (χ0v) is 9.34. The molecule has 4 heteroatoms. The second kappa shape index (κ2) is 10.1. The maximum Gasteiger partial charge on any atom is 0.0701 e. The SMILES string of the molecule is NCCOCCOCCC[SiH3]. The molecule has 0 atom stereocenters. The largest absolute Gasteiger partial charge is 0.379 e. The van der Waals surface area contributed by atoms with E-state index < -0.39 is 0 Å². The normalized spacial score (nSPS) is 10.6. The fourth-order valence-electron chi connectivity index (χ4n) is 0.652. The number of hydrogen-bond acceptors (Lipinski definition) is 3. The molecule has 0 saturated heterocycles. The lowest BCUT2D eigenvalue weighted by atomic mass is 10.5. The molecule has 68 valence electrons. The number of nitrogens with two attached hydrogens (primary N) is 1. The molecule has 0 aromatic heterocycles. The Morgan fingerprint density at radius 1 is 1.00 bits per heavy atom. The maximum absolute atomic E-state index is 5.28. The lowest BCUT2D eigenvalue weighted by Crippen LogP contribution is -2.12. The van der Waals surface area contributed by atoms with E-state index >= 15 is 0 Å². The van der Waals surface area contributed by atoms with Crippen molar-refractivity contribution in [2.45, 2.75) is 12.5 Å². The van der Waals surface area contributed by atoms with Crippen molar-refractivity contribution < 1.29 is 9.47 Å². The molecule has 0 aromatic carbocycles. The first kappa shape index (κ1) is 11.1. The monoisotopic (exact) mass is 177 g/mol. The van der Waals surface area contributed by atoms with Crippen molar-refractivity contribution in [3.05, 3.63) is 0 Å². The molecular weight excluding hydrogens is 158 g/mol. The highest BCUT2D eigenvalue weighted by Gasteiger charge is 1.87. The summed E-state index contributed by atoms with van der Waals surface area (Å²) in [6, 6.07) is 1.32. The van der Waals surface area contributed by atoms with E-state index in [9.17, 15) is 0 Å². The van der Waals surface area contributed by atoms with E-state index in [4.69, 9.17) is 15.2 Å². The van der Waals surface area contributed by atoms with Crippen LogP contribution in [0.1, 0.15) is 6.42 Å². The standard InChI is InChI=1S/C7H19NO2Si/c8-2-4-10-6-5-9-3-1-7-11/h1-8H2,11H3. The van der Waals surface area contributed by atoms with Crippen molar-refractivity contribution in [2.24, 2.45) is 5.73 Å². The van der Waals surface area contributed by atoms with E-state index in [0.717, 1.165) is 6.61 Å². The molecule has 0 aliphatic rings. The molecule has 0 rings (SSSR count). The molecule has 0 amide bonds. The molecule has 0 saturated carbocycles. The first-order chi connectivity index (χ1) is 5.41. The summed E-state index contributed by atoms with van der Waals surface area (Å²) in [5, 5.41) is 0. The van der Waals surface area contributed by atoms with Crippen LogP contribution in [-0.4, -0.2) is 43.2 Å². The Hall–Kier alpha value is 0.0969. The fourth-order valence-corrected chi connectivity index (χ4v) is 0.940. The van der Waals surface area contributed by atoms with Gasteiger partial charge in [-0.3, -0.25) is 0 Å². The van der Waals surface area contributed by atoms with Crippen LogP contribution < -0.4 is 5.73 Å². The Bertz CT molecular complexity index is 65.5. The van der Waals surface area contributed by atoms with Gasteiger partial charge in [0, 0.05) is 23.4 Å². The zero-order chi connectivity index (χ0) is 8.36. The van der Waals surface area contributed by atoms with Crippen LogP contribution in [0.3, 0.4) is 0 Å². The number of ether oxygens (including phenoxy) is 2. The van der Waals surface area contributed by atoms with Crippen LogP contribution in [0.15, 0.2) is 0 Å². The minimum absolute atomic E-state index is 0.598. The van der Waals surface area contributed by atoms with E-state index in [1.54, 1.807) is 0 Å². The second-order valence-electron chi connectivity index (χ2n) is 2.37. The Morgan fingerprint density at radius 3 is 2.18 bits per heavy atom. The Kier molecular flexibility index (Phi) is 10.2.